The summed E-state index contributed by atoms with van der Waals surface area (Å²) in [5.41, 5.74) is 1.94. The second-order valence-corrected chi connectivity index (χ2v) is 6.35. The van der Waals surface area contributed by atoms with Gasteiger partial charge < -0.3 is 9.73 Å². The summed E-state index contributed by atoms with van der Waals surface area (Å²) >= 11 is 0. The van der Waals surface area contributed by atoms with E-state index in [0.29, 0.717) is 18.2 Å². The van der Waals surface area contributed by atoms with Crippen LogP contribution in [-0.2, 0) is 13.0 Å². The number of hydrogen-bond donors (Lipinski definition) is 1. The van der Waals surface area contributed by atoms with Gasteiger partial charge >= 0.3 is 0 Å². The molecule has 0 bridgehead atoms. The highest BCUT2D eigenvalue weighted by Gasteiger charge is 2.24. The molecule has 6 heteroatoms. The van der Waals surface area contributed by atoms with Gasteiger partial charge in [0, 0.05) is 37.8 Å². The predicted molar refractivity (Wildman–Crippen MR) is 90.6 cm³/mol. The Morgan fingerprint density at radius 1 is 1.46 bits per heavy atom. The van der Waals surface area contributed by atoms with Gasteiger partial charge in [0.15, 0.2) is 5.76 Å². The third kappa shape index (κ3) is 4.00. The number of amides is 1. The molecule has 128 valence electrons. The fourth-order valence-corrected chi connectivity index (χ4v) is 3.07. The summed E-state index contributed by atoms with van der Waals surface area (Å²) in [4.78, 5) is 23.3. The number of likely N-dealkylation sites (tertiary alicyclic amines) is 1. The Labute approximate surface area is 142 Å². The predicted octanol–water partition coefficient (Wildman–Crippen LogP) is 2.19. The maximum absolute atomic E-state index is 12.1. The maximum atomic E-state index is 12.1. The summed E-state index contributed by atoms with van der Waals surface area (Å²) in [6.45, 7) is 7.47. The average molecular weight is 328 g/mol. The van der Waals surface area contributed by atoms with E-state index < -0.39 is 0 Å². The Kier molecular flexibility index (Phi) is 5.25. The second-order valence-electron chi connectivity index (χ2n) is 6.35. The number of aromatic nitrogens is 2. The van der Waals surface area contributed by atoms with Gasteiger partial charge in [-0.25, -0.2) is 9.97 Å². The van der Waals surface area contributed by atoms with Crippen molar-refractivity contribution < 1.29 is 9.21 Å². The molecular weight excluding hydrogens is 304 g/mol. The zero-order valence-electron chi connectivity index (χ0n) is 14.3. The second kappa shape index (κ2) is 7.57. The van der Waals surface area contributed by atoms with E-state index in [9.17, 15) is 4.79 Å². The SMILES string of the molecule is CCc1nccc(CN2CC[C@H](CNC(=O)c3occc3C)C2)n1. The molecule has 1 N–H and O–H groups in total. The smallest absolute Gasteiger partial charge is 0.287 e. The average Bonchev–Trinajstić information content (AvgIpc) is 3.22. The molecule has 1 amide bonds. The van der Waals surface area contributed by atoms with Crippen molar-refractivity contribution in [1.82, 2.24) is 20.2 Å². The first-order chi connectivity index (χ1) is 11.7. The van der Waals surface area contributed by atoms with Crippen LogP contribution in [0.5, 0.6) is 0 Å². The summed E-state index contributed by atoms with van der Waals surface area (Å²) in [7, 11) is 0. The van der Waals surface area contributed by atoms with E-state index >= 15 is 0 Å². The van der Waals surface area contributed by atoms with Crippen molar-refractivity contribution in [2.45, 2.75) is 33.2 Å². The number of rotatable bonds is 6. The monoisotopic (exact) mass is 328 g/mol. The van der Waals surface area contributed by atoms with Gasteiger partial charge in [-0.1, -0.05) is 6.92 Å². The number of aryl methyl sites for hydroxylation is 2. The molecule has 2 aromatic rings. The van der Waals surface area contributed by atoms with Crippen molar-refractivity contribution in [2.75, 3.05) is 19.6 Å². The minimum absolute atomic E-state index is 0.126. The van der Waals surface area contributed by atoms with Crippen molar-refractivity contribution in [3.8, 4) is 0 Å². The highest BCUT2D eigenvalue weighted by atomic mass is 16.3. The summed E-state index contributed by atoms with van der Waals surface area (Å²) in [5, 5.41) is 2.99. The molecule has 0 unspecified atom stereocenters. The molecule has 0 aliphatic carbocycles. The van der Waals surface area contributed by atoms with Crippen LogP contribution in [0.1, 0.15) is 41.0 Å². The zero-order chi connectivity index (χ0) is 16.9. The third-order valence-electron chi connectivity index (χ3n) is 4.45. The van der Waals surface area contributed by atoms with E-state index in [1.54, 1.807) is 12.3 Å². The number of hydrogen-bond acceptors (Lipinski definition) is 5. The lowest BCUT2D eigenvalue weighted by Crippen LogP contribution is -2.31. The van der Waals surface area contributed by atoms with Gasteiger partial charge in [0.05, 0.1) is 12.0 Å². The molecule has 2 aromatic heterocycles. The van der Waals surface area contributed by atoms with Crippen molar-refractivity contribution in [3.05, 3.63) is 47.4 Å². The normalized spacial score (nSPS) is 18.0. The molecule has 1 aliphatic rings. The van der Waals surface area contributed by atoms with Crippen molar-refractivity contribution in [1.29, 1.82) is 0 Å². The summed E-state index contributed by atoms with van der Waals surface area (Å²) in [5.74, 6) is 1.65. The van der Waals surface area contributed by atoms with E-state index in [4.69, 9.17) is 4.42 Å². The van der Waals surface area contributed by atoms with Crippen LogP contribution in [0.15, 0.2) is 29.0 Å². The van der Waals surface area contributed by atoms with E-state index in [0.717, 1.165) is 49.6 Å². The van der Waals surface area contributed by atoms with Gasteiger partial charge in [-0.3, -0.25) is 9.69 Å². The van der Waals surface area contributed by atoms with Crippen LogP contribution in [-0.4, -0.2) is 40.4 Å². The van der Waals surface area contributed by atoms with E-state index in [1.165, 1.54) is 0 Å². The Bertz CT molecular complexity index is 698. The third-order valence-corrected chi connectivity index (χ3v) is 4.45. The number of carbonyl (C=O) groups excluding carboxylic acids is 1. The van der Waals surface area contributed by atoms with Gasteiger partial charge in [-0.15, -0.1) is 0 Å². The van der Waals surface area contributed by atoms with Gasteiger partial charge in [-0.2, -0.15) is 0 Å². The number of furan rings is 1. The minimum Gasteiger partial charge on any atom is -0.459 e. The maximum Gasteiger partial charge on any atom is 0.287 e. The van der Waals surface area contributed by atoms with Crippen LogP contribution >= 0.6 is 0 Å². The first kappa shape index (κ1) is 16.6. The summed E-state index contributed by atoms with van der Waals surface area (Å²) in [6.07, 6.45) is 5.33. The fourth-order valence-electron chi connectivity index (χ4n) is 3.07. The van der Waals surface area contributed by atoms with Crippen molar-refractivity contribution in [3.63, 3.8) is 0 Å². The number of carbonyl (C=O) groups is 1. The molecule has 0 radical (unpaired) electrons. The van der Waals surface area contributed by atoms with Crippen LogP contribution in [0.2, 0.25) is 0 Å². The van der Waals surface area contributed by atoms with Gasteiger partial charge in [0.25, 0.3) is 5.91 Å². The van der Waals surface area contributed by atoms with E-state index in [-0.39, 0.29) is 5.91 Å². The highest BCUT2D eigenvalue weighted by Crippen LogP contribution is 2.18. The molecule has 0 aromatic carbocycles. The molecular formula is C18H24N4O2. The first-order valence-corrected chi connectivity index (χ1v) is 8.51. The molecule has 1 atom stereocenters. The van der Waals surface area contributed by atoms with Crippen LogP contribution in [0.3, 0.4) is 0 Å². The lowest BCUT2D eigenvalue weighted by atomic mass is 10.1. The van der Waals surface area contributed by atoms with E-state index in [2.05, 4.69) is 27.1 Å². The van der Waals surface area contributed by atoms with Crippen LogP contribution in [0.25, 0.3) is 0 Å². The molecule has 1 aliphatic heterocycles. The molecule has 1 saturated heterocycles. The van der Waals surface area contributed by atoms with E-state index in [1.807, 2.05) is 19.2 Å². The molecule has 1 fully saturated rings. The standard InChI is InChI=1S/C18H24N4O2/c1-3-16-19-7-4-15(21-16)12-22-8-5-14(11-22)10-20-18(23)17-13(2)6-9-24-17/h4,6-7,9,14H,3,5,8,10-12H2,1-2H3,(H,20,23)/t14-/m1/s1. The number of nitrogens with one attached hydrogen (secondary N) is 1. The van der Waals surface area contributed by atoms with Crippen LogP contribution in [0.4, 0.5) is 0 Å². The minimum atomic E-state index is -0.126. The van der Waals surface area contributed by atoms with Crippen molar-refractivity contribution >= 4 is 5.91 Å². The Morgan fingerprint density at radius 2 is 2.33 bits per heavy atom. The summed E-state index contributed by atoms with van der Waals surface area (Å²) in [6, 6.07) is 3.78. The Balaban J connectivity index is 1.47. The Morgan fingerprint density at radius 3 is 3.08 bits per heavy atom. The highest BCUT2D eigenvalue weighted by molar-refractivity contribution is 5.92. The number of nitrogens with zero attached hydrogens (tertiary/aromatic N) is 3. The van der Waals surface area contributed by atoms with Gasteiger partial charge in [-0.05, 0) is 37.9 Å². The van der Waals surface area contributed by atoms with Crippen molar-refractivity contribution in [2.24, 2.45) is 5.92 Å². The first-order valence-electron chi connectivity index (χ1n) is 8.51. The van der Waals surface area contributed by atoms with Gasteiger partial charge in [0.1, 0.15) is 5.82 Å². The molecule has 3 heterocycles. The lowest BCUT2D eigenvalue weighted by Gasteiger charge is -2.16. The molecule has 0 saturated carbocycles. The molecule has 3 rings (SSSR count). The summed E-state index contributed by atoms with van der Waals surface area (Å²) < 4.78 is 5.23. The topological polar surface area (TPSA) is 71.3 Å². The fraction of sp³-hybridized carbons (Fsp3) is 0.500. The zero-order valence-corrected chi connectivity index (χ0v) is 14.3. The molecule has 0 spiro atoms. The van der Waals surface area contributed by atoms with Crippen LogP contribution < -0.4 is 5.32 Å². The quantitative estimate of drug-likeness (QED) is 0.880. The lowest BCUT2D eigenvalue weighted by molar-refractivity contribution is 0.0918. The van der Waals surface area contributed by atoms with Crippen LogP contribution in [0, 0.1) is 12.8 Å². The Hall–Kier alpha value is -2.21. The largest absolute Gasteiger partial charge is 0.459 e. The van der Waals surface area contributed by atoms with Gasteiger partial charge in [0.2, 0.25) is 0 Å². The molecule has 6 nitrogen and oxygen atoms in total. The molecule has 24 heavy (non-hydrogen) atoms.